The molecule has 4 nitrogen and oxygen atoms in total. The molecule has 4 heteroatoms. The quantitative estimate of drug-likeness (QED) is 0.752. The van der Waals surface area contributed by atoms with E-state index in [1.807, 2.05) is 20.8 Å². The minimum atomic E-state index is -0.233. The maximum Gasteiger partial charge on any atom is 0.268 e. The molecule has 0 saturated heterocycles. The smallest absolute Gasteiger partial charge is 0.268 e. The van der Waals surface area contributed by atoms with Crippen LogP contribution in [0.5, 0.6) is 0 Å². The van der Waals surface area contributed by atoms with Gasteiger partial charge in [0.1, 0.15) is 5.69 Å². The number of rotatable bonds is 1. The zero-order valence-electron chi connectivity index (χ0n) is 9.05. The summed E-state index contributed by atoms with van der Waals surface area (Å²) in [7, 11) is 0. The maximum atomic E-state index is 11.7. The van der Waals surface area contributed by atoms with Crippen LogP contribution in [0.25, 0.3) is 11.1 Å². The Hall–Kier alpha value is -1.71. The molecule has 0 unspecified atom stereocenters. The minimum Gasteiger partial charge on any atom is -0.463 e. The zero-order valence-corrected chi connectivity index (χ0v) is 9.05. The van der Waals surface area contributed by atoms with Crippen molar-refractivity contribution < 1.29 is 9.21 Å². The van der Waals surface area contributed by atoms with Crippen LogP contribution in [0, 0.1) is 0 Å². The fraction of sp³-hybridized carbons (Fsp3) is 0.364. The summed E-state index contributed by atoms with van der Waals surface area (Å²) in [5, 5.41) is 2.87. The Bertz CT molecular complexity index is 459. The number of amides is 1. The number of carbonyl (C=O) groups is 1. The molecular formula is C11H14N2O2. The highest BCUT2D eigenvalue weighted by Gasteiger charge is 2.17. The lowest BCUT2D eigenvalue weighted by molar-refractivity contribution is 0.0915. The van der Waals surface area contributed by atoms with Crippen molar-refractivity contribution in [1.82, 2.24) is 10.3 Å². The van der Waals surface area contributed by atoms with Gasteiger partial charge in [-0.1, -0.05) is 0 Å². The molecule has 2 rings (SSSR count). The molecule has 2 aromatic heterocycles. The normalized spacial score (nSPS) is 11.9. The number of hydrogen-bond donors (Lipinski definition) is 2. The average molecular weight is 206 g/mol. The van der Waals surface area contributed by atoms with Crippen LogP contribution in [0.1, 0.15) is 31.3 Å². The zero-order chi connectivity index (χ0) is 11.1. The third-order valence-corrected chi connectivity index (χ3v) is 1.97. The second-order valence-electron chi connectivity index (χ2n) is 4.59. The van der Waals surface area contributed by atoms with Crippen LogP contribution in [0.3, 0.4) is 0 Å². The van der Waals surface area contributed by atoms with Gasteiger partial charge in [-0.25, -0.2) is 0 Å². The van der Waals surface area contributed by atoms with Crippen molar-refractivity contribution in [3.05, 3.63) is 24.1 Å². The van der Waals surface area contributed by atoms with Crippen molar-refractivity contribution in [1.29, 1.82) is 0 Å². The van der Waals surface area contributed by atoms with Crippen LogP contribution >= 0.6 is 0 Å². The number of H-pyrrole nitrogens is 1. The van der Waals surface area contributed by atoms with Gasteiger partial charge in [0.15, 0.2) is 5.58 Å². The first-order chi connectivity index (χ1) is 6.96. The average Bonchev–Trinajstić information content (AvgIpc) is 2.56. The lowest BCUT2D eigenvalue weighted by Crippen LogP contribution is -2.40. The van der Waals surface area contributed by atoms with Gasteiger partial charge in [0.25, 0.3) is 5.91 Å². The van der Waals surface area contributed by atoms with E-state index in [-0.39, 0.29) is 11.4 Å². The Morgan fingerprint density at radius 1 is 1.47 bits per heavy atom. The largest absolute Gasteiger partial charge is 0.463 e. The predicted octanol–water partition coefficient (Wildman–Crippen LogP) is 2.29. The molecule has 0 atom stereocenters. The van der Waals surface area contributed by atoms with Crippen molar-refractivity contribution >= 4 is 17.0 Å². The van der Waals surface area contributed by atoms with E-state index in [0.29, 0.717) is 11.3 Å². The number of aromatic nitrogens is 1. The highest BCUT2D eigenvalue weighted by molar-refractivity contribution is 5.97. The Kier molecular flexibility index (Phi) is 2.07. The Morgan fingerprint density at radius 3 is 2.80 bits per heavy atom. The van der Waals surface area contributed by atoms with E-state index in [2.05, 4.69) is 10.3 Å². The molecular weight excluding hydrogens is 192 g/mol. The lowest BCUT2D eigenvalue weighted by atomic mass is 10.1. The molecule has 80 valence electrons. The van der Waals surface area contributed by atoms with Crippen molar-refractivity contribution in [3.8, 4) is 0 Å². The molecule has 2 heterocycles. The summed E-state index contributed by atoms with van der Waals surface area (Å²) in [6, 6.07) is 3.50. The molecule has 2 aromatic rings. The SMILES string of the molecule is CC(C)(C)NC(=O)c1cc2occc2[nH]1. The van der Waals surface area contributed by atoms with Gasteiger partial charge >= 0.3 is 0 Å². The van der Waals surface area contributed by atoms with Gasteiger partial charge in [0, 0.05) is 17.7 Å². The minimum absolute atomic E-state index is 0.117. The molecule has 0 aromatic carbocycles. The second kappa shape index (κ2) is 3.15. The number of nitrogens with one attached hydrogen (secondary N) is 2. The van der Waals surface area contributed by atoms with Gasteiger partial charge in [-0.15, -0.1) is 0 Å². The highest BCUT2D eigenvalue weighted by atomic mass is 16.3. The molecule has 0 aliphatic rings. The van der Waals surface area contributed by atoms with Crippen molar-refractivity contribution in [2.24, 2.45) is 0 Å². The predicted molar refractivity (Wildman–Crippen MR) is 57.8 cm³/mol. The number of hydrogen-bond acceptors (Lipinski definition) is 2. The summed E-state index contributed by atoms with van der Waals surface area (Å²) in [6.07, 6.45) is 1.59. The molecule has 15 heavy (non-hydrogen) atoms. The van der Waals surface area contributed by atoms with Gasteiger partial charge in [-0.05, 0) is 20.8 Å². The highest BCUT2D eigenvalue weighted by Crippen LogP contribution is 2.16. The first-order valence-corrected chi connectivity index (χ1v) is 4.84. The fourth-order valence-electron chi connectivity index (χ4n) is 1.38. The fourth-order valence-corrected chi connectivity index (χ4v) is 1.38. The van der Waals surface area contributed by atoms with Gasteiger partial charge in [0.05, 0.1) is 11.8 Å². The summed E-state index contributed by atoms with van der Waals surface area (Å²) in [5.41, 5.74) is 1.84. The molecule has 0 fully saturated rings. The Morgan fingerprint density at radius 2 is 2.20 bits per heavy atom. The first-order valence-electron chi connectivity index (χ1n) is 4.84. The molecule has 0 aliphatic heterocycles. The molecule has 1 amide bonds. The van der Waals surface area contributed by atoms with Gasteiger partial charge in [0.2, 0.25) is 0 Å². The summed E-state index contributed by atoms with van der Waals surface area (Å²) in [5.74, 6) is -0.117. The third kappa shape index (κ3) is 2.03. The standard InChI is InChI=1S/C11H14N2O2/c1-11(2,3)13-10(14)8-6-9-7(12-8)4-5-15-9/h4-6,12H,1-3H3,(H,13,14). The monoisotopic (exact) mass is 206 g/mol. The lowest BCUT2D eigenvalue weighted by Gasteiger charge is -2.19. The van der Waals surface area contributed by atoms with Crippen LogP contribution in [0.15, 0.2) is 22.8 Å². The van der Waals surface area contributed by atoms with Crippen LogP contribution in [0.2, 0.25) is 0 Å². The van der Waals surface area contributed by atoms with Crippen LogP contribution in [-0.2, 0) is 0 Å². The molecule has 2 N–H and O–H groups in total. The van der Waals surface area contributed by atoms with Crippen molar-refractivity contribution in [2.75, 3.05) is 0 Å². The van der Waals surface area contributed by atoms with Crippen LogP contribution in [-0.4, -0.2) is 16.4 Å². The molecule has 0 saturated carbocycles. The molecule has 0 bridgehead atoms. The van der Waals surface area contributed by atoms with Gasteiger partial charge in [-0.3, -0.25) is 4.79 Å². The summed E-state index contributed by atoms with van der Waals surface area (Å²) >= 11 is 0. The van der Waals surface area contributed by atoms with E-state index in [9.17, 15) is 4.79 Å². The molecule has 0 aliphatic carbocycles. The number of aromatic amines is 1. The Labute approximate surface area is 87.7 Å². The van der Waals surface area contributed by atoms with E-state index in [1.54, 1.807) is 18.4 Å². The van der Waals surface area contributed by atoms with Crippen molar-refractivity contribution in [2.45, 2.75) is 26.3 Å². The summed E-state index contributed by atoms with van der Waals surface area (Å²) in [6.45, 7) is 5.83. The van der Waals surface area contributed by atoms with E-state index >= 15 is 0 Å². The topological polar surface area (TPSA) is 58.0 Å². The van der Waals surface area contributed by atoms with Crippen molar-refractivity contribution in [3.63, 3.8) is 0 Å². The summed E-state index contributed by atoms with van der Waals surface area (Å²) < 4.78 is 5.17. The second-order valence-corrected chi connectivity index (χ2v) is 4.59. The number of carbonyl (C=O) groups excluding carboxylic acids is 1. The van der Waals surface area contributed by atoms with E-state index in [4.69, 9.17) is 4.42 Å². The van der Waals surface area contributed by atoms with E-state index in [0.717, 1.165) is 5.52 Å². The molecule has 0 spiro atoms. The van der Waals surface area contributed by atoms with Crippen LogP contribution in [0.4, 0.5) is 0 Å². The first kappa shape index (κ1) is 9.83. The van der Waals surface area contributed by atoms with E-state index in [1.165, 1.54) is 0 Å². The Balaban J connectivity index is 2.24. The number of furan rings is 1. The van der Waals surface area contributed by atoms with Gasteiger partial charge < -0.3 is 14.7 Å². The van der Waals surface area contributed by atoms with E-state index < -0.39 is 0 Å². The molecule has 0 radical (unpaired) electrons. The summed E-state index contributed by atoms with van der Waals surface area (Å²) in [4.78, 5) is 14.7. The maximum absolute atomic E-state index is 11.7. The van der Waals surface area contributed by atoms with Gasteiger partial charge in [-0.2, -0.15) is 0 Å². The number of fused-ring (bicyclic) bond motifs is 1. The third-order valence-electron chi connectivity index (χ3n) is 1.97. The van der Waals surface area contributed by atoms with Crippen LogP contribution < -0.4 is 5.32 Å².